The minimum atomic E-state index is -0.169. The lowest BCUT2D eigenvalue weighted by Gasteiger charge is -2.15. The monoisotopic (exact) mass is 247 g/mol. The molecule has 5 heteroatoms. The Hall–Kier alpha value is -1.49. The highest BCUT2D eigenvalue weighted by molar-refractivity contribution is 6.32. The van der Waals surface area contributed by atoms with Crippen LogP contribution in [0.5, 0.6) is 5.75 Å². The van der Waals surface area contributed by atoms with Crippen LogP contribution in [0.1, 0.15) is 23.2 Å². The van der Waals surface area contributed by atoms with Gasteiger partial charge in [0, 0.05) is 12.6 Å². The van der Waals surface area contributed by atoms with E-state index in [1.54, 1.807) is 13.1 Å². The Morgan fingerprint density at radius 1 is 1.44 bits per heavy atom. The van der Waals surface area contributed by atoms with Gasteiger partial charge < -0.3 is 4.74 Å². The molecule has 18 heavy (non-hydrogen) atoms. The van der Waals surface area contributed by atoms with E-state index in [4.69, 9.17) is 9.57 Å². The van der Waals surface area contributed by atoms with Crippen LogP contribution in [-0.2, 0) is 4.84 Å². The maximum absolute atomic E-state index is 12.0. The van der Waals surface area contributed by atoms with Gasteiger partial charge in [-0.1, -0.05) is 11.5 Å². The number of ether oxygens (including phenoxy) is 1. The van der Waals surface area contributed by atoms with E-state index in [9.17, 15) is 4.79 Å². The van der Waals surface area contributed by atoms with E-state index in [1.165, 1.54) is 25.0 Å². The number of nitrogens with zero attached hydrogens (tertiary/aromatic N) is 1. The van der Waals surface area contributed by atoms with Gasteiger partial charge in [0.25, 0.3) is 5.91 Å². The van der Waals surface area contributed by atoms with Crippen LogP contribution in [0.25, 0.3) is 0 Å². The summed E-state index contributed by atoms with van der Waals surface area (Å²) >= 11 is 0. The van der Waals surface area contributed by atoms with Gasteiger partial charge in [0.05, 0.1) is 13.7 Å². The van der Waals surface area contributed by atoms with Crippen molar-refractivity contribution in [1.82, 2.24) is 5.06 Å². The number of hydroxylamine groups is 2. The van der Waals surface area contributed by atoms with Crippen LogP contribution in [-0.4, -0.2) is 39.6 Å². The first-order valence-electron chi connectivity index (χ1n) is 6.17. The maximum atomic E-state index is 12.0. The summed E-state index contributed by atoms with van der Waals surface area (Å²) in [5, 5.41) is 1.21. The summed E-state index contributed by atoms with van der Waals surface area (Å²) in [4.78, 5) is 16.9. The van der Waals surface area contributed by atoms with Gasteiger partial charge in [0.2, 0.25) is 0 Å². The summed E-state index contributed by atoms with van der Waals surface area (Å²) < 4.78 is 5.70. The fourth-order valence-electron chi connectivity index (χ4n) is 1.72. The molecule has 4 nitrogen and oxygen atoms in total. The smallest absolute Gasteiger partial charge is 0.277 e. The zero-order chi connectivity index (χ0) is 13.1. The summed E-state index contributed by atoms with van der Waals surface area (Å²) in [5.74, 6) is 1.29. The Labute approximate surface area is 108 Å². The fourth-order valence-corrected chi connectivity index (χ4v) is 1.72. The third-order valence-corrected chi connectivity index (χ3v) is 3.04. The van der Waals surface area contributed by atoms with E-state index in [0.717, 1.165) is 17.8 Å². The quantitative estimate of drug-likeness (QED) is 0.557. The molecule has 1 fully saturated rings. The molecule has 1 aromatic rings. The molecule has 0 N–H and O–H groups in total. The standard InChI is InChI=1S/C13H18BNO3/c1-15(17-2)13(16)10-5-11(14)7-12(6-10)18-8-9-3-4-9/h5-7,9H,3-4,8,14H2,1-2H3. The topological polar surface area (TPSA) is 38.8 Å². The molecule has 1 aromatic carbocycles. The average molecular weight is 247 g/mol. The molecular formula is C13H18BNO3. The third-order valence-electron chi connectivity index (χ3n) is 3.04. The van der Waals surface area contributed by atoms with E-state index in [-0.39, 0.29) is 5.91 Å². The average Bonchev–Trinajstić information content (AvgIpc) is 3.18. The predicted molar refractivity (Wildman–Crippen MR) is 71.9 cm³/mol. The van der Waals surface area contributed by atoms with Gasteiger partial charge in [-0.2, -0.15) is 0 Å². The van der Waals surface area contributed by atoms with Gasteiger partial charge >= 0.3 is 0 Å². The zero-order valence-electron chi connectivity index (χ0n) is 11.1. The van der Waals surface area contributed by atoms with Crippen LogP contribution >= 0.6 is 0 Å². The molecular weight excluding hydrogens is 229 g/mol. The first-order chi connectivity index (χ1) is 8.60. The first kappa shape index (κ1) is 13.0. The molecule has 0 aromatic heterocycles. The summed E-state index contributed by atoms with van der Waals surface area (Å²) in [6.45, 7) is 0.747. The molecule has 1 saturated carbocycles. The number of hydrogen-bond donors (Lipinski definition) is 0. The molecule has 0 unspecified atom stereocenters. The lowest BCUT2D eigenvalue weighted by Crippen LogP contribution is -2.26. The third kappa shape index (κ3) is 3.26. The second-order valence-corrected chi connectivity index (χ2v) is 4.77. The highest BCUT2D eigenvalue weighted by atomic mass is 16.7. The van der Waals surface area contributed by atoms with Crippen molar-refractivity contribution in [3.63, 3.8) is 0 Å². The van der Waals surface area contributed by atoms with Crippen LogP contribution in [0.3, 0.4) is 0 Å². The van der Waals surface area contributed by atoms with Crippen LogP contribution in [0.2, 0.25) is 0 Å². The maximum Gasteiger partial charge on any atom is 0.277 e. The predicted octanol–water partition coefficient (Wildman–Crippen LogP) is 0.367. The van der Waals surface area contributed by atoms with Gasteiger partial charge in [-0.05, 0) is 30.9 Å². The van der Waals surface area contributed by atoms with Crippen LogP contribution in [0.4, 0.5) is 0 Å². The summed E-state index contributed by atoms with van der Waals surface area (Å²) in [7, 11) is 5.02. The SMILES string of the molecule is Bc1cc(OCC2CC2)cc(C(=O)N(C)OC)c1. The molecule has 2 rings (SSSR count). The van der Waals surface area contributed by atoms with Crippen molar-refractivity contribution < 1.29 is 14.4 Å². The van der Waals surface area contributed by atoms with Crippen LogP contribution < -0.4 is 10.2 Å². The van der Waals surface area contributed by atoms with E-state index in [1.807, 2.05) is 20.0 Å². The van der Waals surface area contributed by atoms with Crippen molar-refractivity contribution in [2.75, 3.05) is 20.8 Å². The van der Waals surface area contributed by atoms with Crippen molar-refractivity contribution in [1.29, 1.82) is 0 Å². The van der Waals surface area contributed by atoms with Crippen molar-refractivity contribution in [3.05, 3.63) is 23.8 Å². The molecule has 0 bridgehead atoms. The van der Waals surface area contributed by atoms with Gasteiger partial charge in [-0.3, -0.25) is 9.63 Å². The number of amides is 1. The molecule has 0 saturated heterocycles. The highest BCUT2D eigenvalue weighted by Crippen LogP contribution is 2.29. The van der Waals surface area contributed by atoms with Crippen molar-refractivity contribution in [2.45, 2.75) is 12.8 Å². The van der Waals surface area contributed by atoms with Gasteiger partial charge in [0.1, 0.15) is 13.6 Å². The number of rotatable bonds is 5. The Kier molecular flexibility index (Phi) is 3.92. The highest BCUT2D eigenvalue weighted by Gasteiger charge is 2.22. The molecule has 0 radical (unpaired) electrons. The summed E-state index contributed by atoms with van der Waals surface area (Å²) in [5.41, 5.74) is 1.60. The molecule has 1 aliphatic rings. The number of carbonyl (C=O) groups excluding carboxylic acids is 1. The van der Waals surface area contributed by atoms with E-state index in [2.05, 4.69) is 0 Å². The van der Waals surface area contributed by atoms with Crippen LogP contribution in [0.15, 0.2) is 18.2 Å². The summed E-state index contributed by atoms with van der Waals surface area (Å²) in [6, 6.07) is 5.56. The van der Waals surface area contributed by atoms with Crippen molar-refractivity contribution >= 4 is 19.2 Å². The van der Waals surface area contributed by atoms with Gasteiger partial charge in [-0.15, -0.1) is 0 Å². The molecule has 0 heterocycles. The van der Waals surface area contributed by atoms with Gasteiger partial charge in [-0.25, -0.2) is 5.06 Å². The largest absolute Gasteiger partial charge is 0.493 e. The van der Waals surface area contributed by atoms with Crippen molar-refractivity contribution in [2.24, 2.45) is 5.92 Å². The molecule has 1 amide bonds. The minimum absolute atomic E-state index is 0.169. The number of carbonyl (C=O) groups is 1. The normalized spacial score (nSPS) is 14.3. The van der Waals surface area contributed by atoms with Gasteiger partial charge in [0.15, 0.2) is 0 Å². The zero-order valence-corrected chi connectivity index (χ0v) is 11.1. The lowest BCUT2D eigenvalue weighted by molar-refractivity contribution is -0.0757. The summed E-state index contributed by atoms with van der Waals surface area (Å²) in [6.07, 6.45) is 2.51. The second-order valence-electron chi connectivity index (χ2n) is 4.77. The molecule has 1 aliphatic carbocycles. The Morgan fingerprint density at radius 3 is 2.78 bits per heavy atom. The number of hydrogen-bond acceptors (Lipinski definition) is 3. The Balaban J connectivity index is 2.11. The molecule has 0 aliphatic heterocycles. The molecule has 0 spiro atoms. The second kappa shape index (κ2) is 5.44. The van der Waals surface area contributed by atoms with Crippen molar-refractivity contribution in [3.8, 4) is 5.75 Å². The Morgan fingerprint density at radius 2 is 2.17 bits per heavy atom. The van der Waals surface area contributed by atoms with E-state index < -0.39 is 0 Å². The first-order valence-corrected chi connectivity index (χ1v) is 6.17. The Bertz CT molecular complexity index is 446. The number of benzene rings is 1. The minimum Gasteiger partial charge on any atom is -0.493 e. The lowest BCUT2D eigenvalue weighted by atomic mass is 9.94. The molecule has 0 atom stereocenters. The molecule has 96 valence electrons. The van der Waals surface area contributed by atoms with E-state index in [0.29, 0.717) is 11.5 Å². The fraction of sp³-hybridized carbons (Fsp3) is 0.462. The van der Waals surface area contributed by atoms with Crippen LogP contribution in [0, 0.1) is 5.92 Å². The van der Waals surface area contributed by atoms with E-state index >= 15 is 0 Å².